The van der Waals surface area contributed by atoms with Crippen LogP contribution < -0.4 is 5.32 Å². The molecule has 0 radical (unpaired) electrons. The number of aliphatic hydroxyl groups is 1. The number of carbonyl (C=O) groups excluding carboxylic acids is 1. The van der Waals surface area contributed by atoms with Gasteiger partial charge in [0.15, 0.2) is 0 Å². The fourth-order valence-electron chi connectivity index (χ4n) is 1.97. The Morgan fingerprint density at radius 1 is 1.50 bits per heavy atom. The van der Waals surface area contributed by atoms with Gasteiger partial charge in [-0.05, 0) is 24.1 Å². The fraction of sp³-hybridized carbons (Fsp3) is 0.429. The van der Waals surface area contributed by atoms with Gasteiger partial charge in [-0.1, -0.05) is 25.4 Å². The summed E-state index contributed by atoms with van der Waals surface area (Å²) < 4.78 is 1.71. The molecular weight excluding hydrogens is 278 g/mol. The molecule has 6 heteroatoms. The Labute approximate surface area is 122 Å². The van der Waals surface area contributed by atoms with Crippen molar-refractivity contribution in [2.45, 2.75) is 27.0 Å². The minimum atomic E-state index is -0.218. The second-order valence-corrected chi connectivity index (χ2v) is 5.54. The Kier molecular flexibility index (Phi) is 4.62. The number of fused-ring (bicyclic) bond motifs is 1. The lowest BCUT2D eigenvalue weighted by atomic mass is 10.2. The van der Waals surface area contributed by atoms with Crippen molar-refractivity contribution in [1.29, 1.82) is 0 Å². The van der Waals surface area contributed by atoms with E-state index in [-0.39, 0.29) is 19.1 Å². The maximum absolute atomic E-state index is 11.9. The van der Waals surface area contributed by atoms with Crippen molar-refractivity contribution < 1.29 is 9.90 Å². The quantitative estimate of drug-likeness (QED) is 0.886. The number of benzene rings is 1. The van der Waals surface area contributed by atoms with Crippen LogP contribution in [0.5, 0.6) is 0 Å². The Morgan fingerprint density at radius 2 is 2.25 bits per heavy atom. The molecule has 1 amide bonds. The monoisotopic (exact) mass is 295 g/mol. The Morgan fingerprint density at radius 3 is 2.90 bits per heavy atom. The van der Waals surface area contributed by atoms with Gasteiger partial charge in [0.1, 0.15) is 19.0 Å². The molecule has 0 aliphatic heterocycles. The number of aromatic nitrogens is 2. The first-order chi connectivity index (χ1) is 9.51. The number of nitrogens with one attached hydrogen (secondary N) is 1. The van der Waals surface area contributed by atoms with Crippen molar-refractivity contribution in [1.82, 2.24) is 14.9 Å². The first-order valence-corrected chi connectivity index (χ1v) is 6.91. The summed E-state index contributed by atoms with van der Waals surface area (Å²) in [5, 5.41) is 12.8. The molecule has 108 valence electrons. The molecule has 0 unspecified atom stereocenters. The molecular formula is C14H18ClN3O2. The molecule has 0 spiro atoms. The average molecular weight is 296 g/mol. The minimum Gasteiger partial charge on any atom is -0.388 e. The third-order valence-electron chi connectivity index (χ3n) is 2.94. The van der Waals surface area contributed by atoms with E-state index in [1.165, 1.54) is 0 Å². The summed E-state index contributed by atoms with van der Waals surface area (Å²) in [7, 11) is 0. The van der Waals surface area contributed by atoms with Gasteiger partial charge in [0, 0.05) is 11.6 Å². The standard InChI is InChI=1S/C14H18ClN3O2/c1-9(2)6-16-14(20)7-18-12-4-3-10(15)5-11(12)17-13(18)8-19/h3-5,9,19H,6-8H2,1-2H3,(H,16,20). The lowest BCUT2D eigenvalue weighted by Gasteiger charge is -2.10. The van der Waals surface area contributed by atoms with E-state index >= 15 is 0 Å². The Balaban J connectivity index is 2.26. The maximum atomic E-state index is 11.9. The average Bonchev–Trinajstić information content (AvgIpc) is 2.73. The summed E-state index contributed by atoms with van der Waals surface area (Å²) in [4.78, 5) is 16.2. The third-order valence-corrected chi connectivity index (χ3v) is 3.18. The van der Waals surface area contributed by atoms with Crippen LogP contribution in [0, 0.1) is 5.92 Å². The van der Waals surface area contributed by atoms with E-state index in [9.17, 15) is 9.90 Å². The van der Waals surface area contributed by atoms with Gasteiger partial charge in [-0.15, -0.1) is 0 Å². The summed E-state index contributed by atoms with van der Waals surface area (Å²) in [5.41, 5.74) is 1.47. The van der Waals surface area contributed by atoms with Crippen LogP contribution in [0.3, 0.4) is 0 Å². The van der Waals surface area contributed by atoms with Gasteiger partial charge >= 0.3 is 0 Å². The first-order valence-electron chi connectivity index (χ1n) is 6.53. The summed E-state index contributed by atoms with van der Waals surface area (Å²) in [6.45, 7) is 4.62. The largest absolute Gasteiger partial charge is 0.388 e. The smallest absolute Gasteiger partial charge is 0.240 e. The predicted molar refractivity (Wildman–Crippen MR) is 78.5 cm³/mol. The van der Waals surface area contributed by atoms with Crippen molar-refractivity contribution in [3.05, 3.63) is 29.0 Å². The lowest BCUT2D eigenvalue weighted by molar-refractivity contribution is -0.121. The van der Waals surface area contributed by atoms with Crippen molar-refractivity contribution in [2.75, 3.05) is 6.54 Å². The van der Waals surface area contributed by atoms with Gasteiger partial charge in [0.25, 0.3) is 0 Å². The second-order valence-electron chi connectivity index (χ2n) is 5.10. The van der Waals surface area contributed by atoms with Crippen LogP contribution in [-0.4, -0.2) is 27.1 Å². The zero-order chi connectivity index (χ0) is 14.7. The predicted octanol–water partition coefficient (Wildman–Crippen LogP) is 1.95. The van der Waals surface area contributed by atoms with Crippen molar-refractivity contribution in [2.24, 2.45) is 5.92 Å². The number of rotatable bonds is 5. The minimum absolute atomic E-state index is 0.0948. The number of carbonyl (C=O) groups is 1. The van der Waals surface area contributed by atoms with Crippen LogP contribution in [0.25, 0.3) is 11.0 Å². The van der Waals surface area contributed by atoms with Crippen LogP contribution in [0.15, 0.2) is 18.2 Å². The van der Waals surface area contributed by atoms with Crippen molar-refractivity contribution >= 4 is 28.5 Å². The van der Waals surface area contributed by atoms with Gasteiger partial charge < -0.3 is 15.0 Å². The highest BCUT2D eigenvalue weighted by Gasteiger charge is 2.13. The van der Waals surface area contributed by atoms with Crippen molar-refractivity contribution in [3.8, 4) is 0 Å². The number of imidazole rings is 1. The van der Waals surface area contributed by atoms with Crippen LogP contribution in [0.2, 0.25) is 5.02 Å². The molecule has 0 aliphatic carbocycles. The topological polar surface area (TPSA) is 67.2 Å². The molecule has 0 saturated heterocycles. The molecule has 0 saturated carbocycles. The highest BCUT2D eigenvalue weighted by atomic mass is 35.5. The van der Waals surface area contributed by atoms with Crippen LogP contribution >= 0.6 is 11.6 Å². The third kappa shape index (κ3) is 3.29. The van der Waals surface area contributed by atoms with E-state index in [1.54, 1.807) is 22.8 Å². The molecule has 1 heterocycles. The normalized spacial score (nSPS) is 11.2. The Bertz CT molecular complexity index is 622. The molecule has 0 fully saturated rings. The highest BCUT2D eigenvalue weighted by Crippen LogP contribution is 2.20. The van der Waals surface area contributed by atoms with E-state index in [1.807, 2.05) is 13.8 Å². The van der Waals surface area contributed by atoms with E-state index in [2.05, 4.69) is 10.3 Å². The Hall–Kier alpha value is -1.59. The van der Waals surface area contributed by atoms with Crippen LogP contribution in [-0.2, 0) is 17.9 Å². The molecule has 5 nitrogen and oxygen atoms in total. The van der Waals surface area contributed by atoms with Gasteiger partial charge in [-0.3, -0.25) is 4.79 Å². The zero-order valence-electron chi connectivity index (χ0n) is 11.6. The van der Waals surface area contributed by atoms with Crippen molar-refractivity contribution in [3.63, 3.8) is 0 Å². The summed E-state index contributed by atoms with van der Waals surface area (Å²) in [6, 6.07) is 5.27. The summed E-state index contributed by atoms with van der Waals surface area (Å²) in [5.74, 6) is 0.763. The molecule has 0 bridgehead atoms. The van der Waals surface area contributed by atoms with Gasteiger partial charge in [-0.2, -0.15) is 0 Å². The summed E-state index contributed by atoms with van der Waals surface area (Å²) in [6.07, 6.45) is 0. The number of aliphatic hydroxyl groups excluding tert-OH is 1. The molecule has 1 aromatic carbocycles. The molecule has 2 rings (SSSR count). The van der Waals surface area contributed by atoms with E-state index in [0.29, 0.717) is 28.8 Å². The fourth-order valence-corrected chi connectivity index (χ4v) is 2.13. The summed E-state index contributed by atoms with van der Waals surface area (Å²) >= 11 is 5.92. The van der Waals surface area contributed by atoms with Gasteiger partial charge in [0.2, 0.25) is 5.91 Å². The first kappa shape index (κ1) is 14.8. The lowest BCUT2D eigenvalue weighted by Crippen LogP contribution is -2.31. The van der Waals surface area contributed by atoms with E-state index < -0.39 is 0 Å². The molecule has 0 aliphatic rings. The molecule has 20 heavy (non-hydrogen) atoms. The van der Waals surface area contributed by atoms with Gasteiger partial charge in [-0.25, -0.2) is 4.98 Å². The second kappa shape index (κ2) is 6.24. The SMILES string of the molecule is CC(C)CNC(=O)Cn1c(CO)nc2cc(Cl)ccc21. The molecule has 2 aromatic rings. The highest BCUT2D eigenvalue weighted by molar-refractivity contribution is 6.31. The molecule has 0 atom stereocenters. The molecule has 2 N–H and O–H groups in total. The number of hydrogen-bond donors (Lipinski definition) is 2. The number of hydrogen-bond acceptors (Lipinski definition) is 3. The number of amides is 1. The van der Waals surface area contributed by atoms with Gasteiger partial charge in [0.05, 0.1) is 11.0 Å². The van der Waals surface area contributed by atoms with E-state index in [0.717, 1.165) is 5.52 Å². The number of nitrogens with zero attached hydrogens (tertiary/aromatic N) is 2. The van der Waals surface area contributed by atoms with Crippen LogP contribution in [0.1, 0.15) is 19.7 Å². The van der Waals surface area contributed by atoms with E-state index in [4.69, 9.17) is 11.6 Å². The van der Waals surface area contributed by atoms with Crippen LogP contribution in [0.4, 0.5) is 0 Å². The number of halogens is 1. The molecule has 1 aromatic heterocycles. The zero-order valence-corrected chi connectivity index (χ0v) is 12.3. The maximum Gasteiger partial charge on any atom is 0.240 e.